The fraction of sp³-hybridized carbons (Fsp3) is 0.750. The summed E-state index contributed by atoms with van der Waals surface area (Å²) in [5.74, 6) is 0.118. The number of ether oxygens (including phenoxy) is 1. The van der Waals surface area contributed by atoms with E-state index in [9.17, 15) is 4.79 Å². The van der Waals surface area contributed by atoms with Crippen molar-refractivity contribution in [1.29, 1.82) is 0 Å². The normalized spacial score (nSPS) is 24.3. The van der Waals surface area contributed by atoms with Crippen molar-refractivity contribution in [3.63, 3.8) is 0 Å². The summed E-state index contributed by atoms with van der Waals surface area (Å²) in [5, 5.41) is 17.7. The van der Waals surface area contributed by atoms with E-state index in [1.54, 1.807) is 0 Å². The van der Waals surface area contributed by atoms with Gasteiger partial charge in [-0.05, 0) is 50.4 Å². The van der Waals surface area contributed by atoms with E-state index in [1.165, 1.54) is 25.7 Å². The molecule has 1 rings (SSSR count). The topological polar surface area (TPSA) is 66.8 Å². The molecule has 0 radical (unpaired) electrons. The number of aliphatic carboxylic acids is 1. The number of hydrogen-bond acceptors (Lipinski definition) is 3. The van der Waals surface area contributed by atoms with Crippen molar-refractivity contribution in [3.05, 3.63) is 24.3 Å². The minimum Gasteiger partial charge on any atom is -0.481 e. The average molecular weight is 338 g/mol. The summed E-state index contributed by atoms with van der Waals surface area (Å²) in [6.45, 7) is 2.00. The van der Waals surface area contributed by atoms with Crippen LogP contribution in [0.1, 0.15) is 71.1 Å². The van der Waals surface area contributed by atoms with Gasteiger partial charge in [-0.15, -0.1) is 0 Å². The Morgan fingerprint density at radius 2 is 1.96 bits per heavy atom. The SMILES string of the molecule is CCCCCCC=C[C@H]1CC[C@H](OCO)[C@@H]1CC=CCCC(=O)O. The molecule has 0 aromatic heterocycles. The van der Waals surface area contributed by atoms with E-state index in [4.69, 9.17) is 14.9 Å². The predicted octanol–water partition coefficient (Wildman–Crippen LogP) is 4.69. The van der Waals surface area contributed by atoms with Crippen molar-refractivity contribution in [2.45, 2.75) is 77.2 Å². The van der Waals surface area contributed by atoms with Gasteiger partial charge in [-0.3, -0.25) is 4.79 Å². The minimum atomic E-state index is -0.758. The van der Waals surface area contributed by atoms with Crippen molar-refractivity contribution in [1.82, 2.24) is 0 Å². The number of hydrogen-bond donors (Lipinski definition) is 2. The Morgan fingerprint density at radius 3 is 2.67 bits per heavy atom. The third kappa shape index (κ3) is 8.65. The Hall–Kier alpha value is -1.13. The van der Waals surface area contributed by atoms with Crippen molar-refractivity contribution < 1.29 is 19.7 Å². The Morgan fingerprint density at radius 1 is 1.12 bits per heavy atom. The molecule has 24 heavy (non-hydrogen) atoms. The second-order valence-electron chi connectivity index (χ2n) is 6.66. The Bertz CT molecular complexity index is 389. The van der Waals surface area contributed by atoms with Gasteiger partial charge in [0.15, 0.2) is 0 Å². The first-order chi connectivity index (χ1) is 11.7. The molecule has 0 bridgehead atoms. The molecule has 0 aliphatic heterocycles. The van der Waals surface area contributed by atoms with Gasteiger partial charge in [0.2, 0.25) is 0 Å². The lowest BCUT2D eigenvalue weighted by molar-refractivity contribution is -0.136. The summed E-state index contributed by atoms with van der Waals surface area (Å²) in [5.41, 5.74) is 0. The molecule has 0 saturated heterocycles. The van der Waals surface area contributed by atoms with Crippen LogP contribution in [0.15, 0.2) is 24.3 Å². The quantitative estimate of drug-likeness (QED) is 0.290. The summed E-state index contributed by atoms with van der Waals surface area (Å²) in [7, 11) is 0. The highest BCUT2D eigenvalue weighted by molar-refractivity contribution is 5.66. The van der Waals surface area contributed by atoms with Gasteiger partial charge >= 0.3 is 5.97 Å². The van der Waals surface area contributed by atoms with Crippen molar-refractivity contribution >= 4 is 5.97 Å². The summed E-state index contributed by atoms with van der Waals surface area (Å²) in [4.78, 5) is 10.5. The maximum absolute atomic E-state index is 10.5. The molecule has 138 valence electrons. The maximum atomic E-state index is 10.5. The molecule has 4 nitrogen and oxygen atoms in total. The van der Waals surface area contributed by atoms with Gasteiger partial charge in [0, 0.05) is 6.42 Å². The lowest BCUT2D eigenvalue weighted by Gasteiger charge is -2.21. The lowest BCUT2D eigenvalue weighted by atomic mass is 9.90. The molecule has 0 spiro atoms. The van der Waals surface area contributed by atoms with E-state index in [2.05, 4.69) is 25.2 Å². The van der Waals surface area contributed by atoms with Gasteiger partial charge in [0.1, 0.15) is 6.79 Å². The minimum absolute atomic E-state index is 0.105. The first-order valence-electron chi connectivity index (χ1n) is 9.45. The zero-order valence-corrected chi connectivity index (χ0v) is 15.0. The molecule has 1 aliphatic carbocycles. The second-order valence-corrected chi connectivity index (χ2v) is 6.66. The van der Waals surface area contributed by atoms with Crippen molar-refractivity contribution in [3.8, 4) is 0 Å². The molecular weight excluding hydrogens is 304 g/mol. The Kier molecular flexibility index (Phi) is 11.5. The number of rotatable bonds is 13. The maximum Gasteiger partial charge on any atom is 0.303 e. The van der Waals surface area contributed by atoms with Gasteiger partial charge < -0.3 is 14.9 Å². The van der Waals surface area contributed by atoms with Gasteiger partial charge in [0.25, 0.3) is 0 Å². The third-order valence-corrected chi connectivity index (χ3v) is 4.81. The van der Waals surface area contributed by atoms with Crippen LogP contribution < -0.4 is 0 Å². The number of carbonyl (C=O) groups is 1. The van der Waals surface area contributed by atoms with E-state index < -0.39 is 5.97 Å². The lowest BCUT2D eigenvalue weighted by Crippen LogP contribution is -2.21. The molecule has 0 aromatic rings. The highest BCUT2D eigenvalue weighted by atomic mass is 16.6. The van der Waals surface area contributed by atoms with Gasteiger partial charge in [-0.1, -0.05) is 50.5 Å². The van der Waals surface area contributed by atoms with E-state index in [0.717, 1.165) is 25.7 Å². The van der Waals surface area contributed by atoms with E-state index in [1.807, 2.05) is 6.08 Å². The zero-order chi connectivity index (χ0) is 17.6. The smallest absolute Gasteiger partial charge is 0.303 e. The summed E-state index contributed by atoms with van der Waals surface area (Å²) >= 11 is 0. The molecule has 0 unspecified atom stereocenters. The fourth-order valence-electron chi connectivity index (χ4n) is 3.47. The van der Waals surface area contributed by atoms with Crippen LogP contribution >= 0.6 is 0 Å². The van der Waals surface area contributed by atoms with Gasteiger partial charge in [0.05, 0.1) is 6.10 Å². The zero-order valence-electron chi connectivity index (χ0n) is 15.0. The third-order valence-electron chi connectivity index (χ3n) is 4.81. The predicted molar refractivity (Wildman–Crippen MR) is 96.7 cm³/mol. The molecule has 1 fully saturated rings. The summed E-state index contributed by atoms with van der Waals surface area (Å²) < 4.78 is 5.49. The Balaban J connectivity index is 2.43. The first-order valence-corrected chi connectivity index (χ1v) is 9.45. The van der Waals surface area contributed by atoms with Gasteiger partial charge in [-0.25, -0.2) is 0 Å². The number of unbranched alkanes of at least 4 members (excludes halogenated alkanes) is 4. The summed E-state index contributed by atoms with van der Waals surface area (Å²) in [6, 6.07) is 0. The second kappa shape index (κ2) is 13.2. The van der Waals surface area contributed by atoms with Crippen LogP contribution in [0, 0.1) is 11.8 Å². The number of aliphatic hydroxyl groups excluding tert-OH is 1. The molecule has 3 atom stereocenters. The van der Waals surface area contributed by atoms with Crippen LogP contribution in [0.3, 0.4) is 0 Å². The van der Waals surface area contributed by atoms with Crippen LogP contribution in [0.2, 0.25) is 0 Å². The molecule has 4 heteroatoms. The number of allylic oxidation sites excluding steroid dienone is 4. The van der Waals surface area contributed by atoms with Crippen molar-refractivity contribution in [2.24, 2.45) is 11.8 Å². The molecule has 1 saturated carbocycles. The van der Waals surface area contributed by atoms with Crippen LogP contribution in [-0.4, -0.2) is 29.1 Å². The van der Waals surface area contributed by atoms with Crippen LogP contribution in [-0.2, 0) is 9.53 Å². The monoisotopic (exact) mass is 338 g/mol. The molecule has 1 aliphatic rings. The molecule has 2 N–H and O–H groups in total. The highest BCUT2D eigenvalue weighted by Gasteiger charge is 2.34. The summed E-state index contributed by atoms with van der Waals surface area (Å²) in [6.07, 6.45) is 18.8. The molecular formula is C20H34O4. The van der Waals surface area contributed by atoms with Crippen LogP contribution in [0.5, 0.6) is 0 Å². The number of carboxylic acid groups (broad SMARTS) is 1. The van der Waals surface area contributed by atoms with Crippen molar-refractivity contribution in [2.75, 3.05) is 6.79 Å². The Labute approximate surface area is 146 Å². The average Bonchev–Trinajstić information content (AvgIpc) is 2.93. The first kappa shape index (κ1) is 20.9. The van der Waals surface area contributed by atoms with E-state index in [-0.39, 0.29) is 19.3 Å². The van der Waals surface area contributed by atoms with Crippen LogP contribution in [0.4, 0.5) is 0 Å². The number of carboxylic acids is 1. The van der Waals surface area contributed by atoms with E-state index >= 15 is 0 Å². The highest BCUT2D eigenvalue weighted by Crippen LogP contribution is 2.37. The molecule has 0 amide bonds. The molecule has 0 aromatic carbocycles. The van der Waals surface area contributed by atoms with Gasteiger partial charge in [-0.2, -0.15) is 0 Å². The standard InChI is InChI=1S/C20H34O4/c1-2-3-4-5-6-8-11-17-14-15-19(24-16-21)18(17)12-9-7-10-13-20(22)23/h7-9,11,17-19,21H,2-6,10,12-16H2,1H3,(H,22,23)/t17-,18+,19-/m0/s1. The number of aliphatic hydroxyl groups is 1. The fourth-order valence-corrected chi connectivity index (χ4v) is 3.47. The van der Waals surface area contributed by atoms with E-state index in [0.29, 0.717) is 18.3 Å². The van der Waals surface area contributed by atoms with Crippen LogP contribution in [0.25, 0.3) is 0 Å². The molecule has 0 heterocycles. The largest absolute Gasteiger partial charge is 0.481 e.